The molecule has 1 aliphatic rings. The zero-order valence-electron chi connectivity index (χ0n) is 11.9. The molecule has 1 saturated heterocycles. The minimum absolute atomic E-state index is 0.153. The maximum atomic E-state index is 13.4. The van der Waals surface area contributed by atoms with Crippen LogP contribution < -0.4 is 0 Å². The number of halogens is 2. The van der Waals surface area contributed by atoms with E-state index in [1.54, 1.807) is 4.90 Å². The second kappa shape index (κ2) is 5.57. The fourth-order valence-corrected chi connectivity index (χ4v) is 3.41. The van der Waals surface area contributed by atoms with Crippen molar-refractivity contribution in [2.45, 2.75) is 31.6 Å². The summed E-state index contributed by atoms with van der Waals surface area (Å²) in [5, 5.41) is 0. The van der Waals surface area contributed by atoms with E-state index >= 15 is 0 Å². The standard InChI is InChI=1S/C14H17ClFNO3S/c1-14(2)5-7-17(8-6-14)13(18)11-9-10(16)3-4-12(11)21(15,19)20/h3-4,9H,5-8H2,1-2H3. The van der Waals surface area contributed by atoms with Gasteiger partial charge in [0, 0.05) is 23.8 Å². The minimum Gasteiger partial charge on any atom is -0.339 e. The Morgan fingerprint density at radius 3 is 2.38 bits per heavy atom. The number of amides is 1. The number of piperidine rings is 1. The number of likely N-dealkylation sites (tertiary alicyclic amines) is 1. The van der Waals surface area contributed by atoms with Crippen LogP contribution >= 0.6 is 10.7 Å². The van der Waals surface area contributed by atoms with Crippen LogP contribution in [0.4, 0.5) is 4.39 Å². The van der Waals surface area contributed by atoms with Crippen LogP contribution in [0.2, 0.25) is 0 Å². The van der Waals surface area contributed by atoms with Gasteiger partial charge in [-0.2, -0.15) is 0 Å². The van der Waals surface area contributed by atoms with Gasteiger partial charge in [0.15, 0.2) is 0 Å². The van der Waals surface area contributed by atoms with E-state index in [1.165, 1.54) is 0 Å². The monoisotopic (exact) mass is 333 g/mol. The van der Waals surface area contributed by atoms with E-state index in [-0.39, 0.29) is 15.9 Å². The molecule has 1 aromatic carbocycles. The fraction of sp³-hybridized carbons (Fsp3) is 0.500. The Hall–Kier alpha value is -1.14. The Labute approximate surface area is 128 Å². The predicted octanol–water partition coefficient (Wildman–Crippen LogP) is 3.02. The van der Waals surface area contributed by atoms with E-state index in [0.29, 0.717) is 13.1 Å². The third kappa shape index (κ3) is 3.74. The molecule has 116 valence electrons. The largest absolute Gasteiger partial charge is 0.339 e. The third-order valence-electron chi connectivity index (χ3n) is 3.84. The van der Waals surface area contributed by atoms with E-state index in [9.17, 15) is 17.6 Å². The summed E-state index contributed by atoms with van der Waals surface area (Å²) in [5.41, 5.74) is -0.0511. The van der Waals surface area contributed by atoms with Gasteiger partial charge < -0.3 is 4.90 Å². The van der Waals surface area contributed by atoms with Crippen molar-refractivity contribution in [1.29, 1.82) is 0 Å². The first-order chi connectivity index (χ1) is 9.60. The number of benzene rings is 1. The first-order valence-electron chi connectivity index (χ1n) is 6.64. The van der Waals surface area contributed by atoms with Crippen LogP contribution in [0.5, 0.6) is 0 Å². The van der Waals surface area contributed by atoms with E-state index in [2.05, 4.69) is 13.8 Å². The van der Waals surface area contributed by atoms with Crippen LogP contribution in [0.3, 0.4) is 0 Å². The lowest BCUT2D eigenvalue weighted by molar-refractivity contribution is 0.0626. The predicted molar refractivity (Wildman–Crippen MR) is 78.4 cm³/mol. The topological polar surface area (TPSA) is 54.5 Å². The molecule has 1 aliphatic heterocycles. The zero-order chi connectivity index (χ0) is 15.8. The normalized spacial score (nSPS) is 18.6. The first-order valence-corrected chi connectivity index (χ1v) is 8.95. The molecule has 1 fully saturated rings. The number of nitrogens with zero attached hydrogens (tertiary/aromatic N) is 1. The molecule has 21 heavy (non-hydrogen) atoms. The van der Waals surface area contributed by atoms with Crippen molar-refractivity contribution in [2.24, 2.45) is 5.41 Å². The molecule has 1 aromatic rings. The van der Waals surface area contributed by atoms with Crippen LogP contribution in [-0.2, 0) is 9.05 Å². The highest BCUT2D eigenvalue weighted by Gasteiger charge is 2.31. The molecule has 2 rings (SSSR count). The van der Waals surface area contributed by atoms with E-state index < -0.39 is 20.8 Å². The number of hydrogen-bond donors (Lipinski definition) is 0. The van der Waals surface area contributed by atoms with Gasteiger partial charge in [-0.3, -0.25) is 4.79 Å². The van der Waals surface area contributed by atoms with Gasteiger partial charge in [-0.1, -0.05) is 13.8 Å². The SMILES string of the molecule is CC1(C)CCN(C(=O)c2cc(F)ccc2S(=O)(=O)Cl)CC1. The van der Waals surface area contributed by atoms with Crippen molar-refractivity contribution in [3.8, 4) is 0 Å². The average molecular weight is 334 g/mol. The zero-order valence-corrected chi connectivity index (χ0v) is 13.5. The summed E-state index contributed by atoms with van der Waals surface area (Å²) in [4.78, 5) is 13.7. The van der Waals surface area contributed by atoms with Crippen molar-refractivity contribution in [3.63, 3.8) is 0 Å². The molecule has 1 amide bonds. The number of carbonyl (C=O) groups excluding carboxylic acids is 1. The van der Waals surface area contributed by atoms with E-state index in [1.807, 2.05) is 0 Å². The summed E-state index contributed by atoms with van der Waals surface area (Å²) in [6.07, 6.45) is 1.63. The summed E-state index contributed by atoms with van der Waals surface area (Å²) < 4.78 is 36.4. The molecule has 0 bridgehead atoms. The maximum absolute atomic E-state index is 13.4. The van der Waals surface area contributed by atoms with Crippen molar-refractivity contribution < 1.29 is 17.6 Å². The van der Waals surface area contributed by atoms with Crippen molar-refractivity contribution in [2.75, 3.05) is 13.1 Å². The van der Waals surface area contributed by atoms with Gasteiger partial charge in [0.2, 0.25) is 0 Å². The van der Waals surface area contributed by atoms with Gasteiger partial charge in [-0.15, -0.1) is 0 Å². The average Bonchev–Trinajstić information content (AvgIpc) is 2.36. The third-order valence-corrected chi connectivity index (χ3v) is 5.22. The molecule has 0 spiro atoms. The van der Waals surface area contributed by atoms with Crippen molar-refractivity contribution >= 4 is 25.6 Å². The Bertz CT molecular complexity index is 663. The molecule has 0 atom stereocenters. The number of hydrogen-bond acceptors (Lipinski definition) is 3. The van der Waals surface area contributed by atoms with Crippen molar-refractivity contribution in [3.05, 3.63) is 29.6 Å². The summed E-state index contributed by atoms with van der Waals surface area (Å²) in [7, 11) is 1.22. The smallest absolute Gasteiger partial charge is 0.262 e. The van der Waals surface area contributed by atoms with Gasteiger partial charge in [-0.25, -0.2) is 12.8 Å². The quantitative estimate of drug-likeness (QED) is 0.782. The van der Waals surface area contributed by atoms with Gasteiger partial charge >= 0.3 is 0 Å². The summed E-state index contributed by atoms with van der Waals surface area (Å²) >= 11 is 0. The lowest BCUT2D eigenvalue weighted by Gasteiger charge is -2.37. The molecule has 0 N–H and O–H groups in total. The Morgan fingerprint density at radius 2 is 1.86 bits per heavy atom. The highest BCUT2D eigenvalue weighted by Crippen LogP contribution is 2.31. The lowest BCUT2D eigenvalue weighted by Crippen LogP contribution is -2.41. The van der Waals surface area contributed by atoms with Crippen molar-refractivity contribution in [1.82, 2.24) is 4.90 Å². The highest BCUT2D eigenvalue weighted by atomic mass is 35.7. The molecule has 0 saturated carbocycles. The van der Waals surface area contributed by atoms with Crippen LogP contribution in [0.1, 0.15) is 37.0 Å². The van der Waals surface area contributed by atoms with Gasteiger partial charge in [0.25, 0.3) is 15.0 Å². The maximum Gasteiger partial charge on any atom is 0.262 e. The number of carbonyl (C=O) groups is 1. The van der Waals surface area contributed by atoms with E-state index in [0.717, 1.165) is 31.0 Å². The molecule has 0 unspecified atom stereocenters. The minimum atomic E-state index is -4.10. The molecule has 4 nitrogen and oxygen atoms in total. The highest BCUT2D eigenvalue weighted by molar-refractivity contribution is 8.13. The second-order valence-electron chi connectivity index (χ2n) is 6.03. The molecule has 1 heterocycles. The first kappa shape index (κ1) is 16.2. The molecular formula is C14H17ClFNO3S. The molecular weight excluding hydrogens is 317 g/mol. The summed E-state index contributed by atoms with van der Waals surface area (Å²) in [5.74, 6) is -1.16. The molecule has 0 aliphatic carbocycles. The Morgan fingerprint density at radius 1 is 1.29 bits per heavy atom. The van der Waals surface area contributed by atoms with Crippen LogP contribution in [-0.4, -0.2) is 32.3 Å². The van der Waals surface area contributed by atoms with Crippen LogP contribution in [0, 0.1) is 11.2 Å². The fourth-order valence-electron chi connectivity index (χ4n) is 2.37. The van der Waals surface area contributed by atoms with Crippen LogP contribution in [0.25, 0.3) is 0 Å². The van der Waals surface area contributed by atoms with Gasteiger partial charge in [-0.05, 0) is 36.5 Å². The second-order valence-corrected chi connectivity index (χ2v) is 8.57. The van der Waals surface area contributed by atoms with Gasteiger partial charge in [0.05, 0.1) is 10.5 Å². The Balaban J connectivity index is 2.34. The Kier molecular flexibility index (Phi) is 4.31. The molecule has 0 radical (unpaired) electrons. The number of rotatable bonds is 2. The summed E-state index contributed by atoms with van der Waals surface area (Å²) in [6.45, 7) is 5.27. The molecule has 0 aromatic heterocycles. The van der Waals surface area contributed by atoms with Crippen LogP contribution in [0.15, 0.2) is 23.1 Å². The molecule has 7 heteroatoms. The van der Waals surface area contributed by atoms with Gasteiger partial charge in [0.1, 0.15) is 5.82 Å². The van der Waals surface area contributed by atoms with E-state index in [4.69, 9.17) is 10.7 Å². The lowest BCUT2D eigenvalue weighted by atomic mass is 9.82. The summed E-state index contributed by atoms with van der Waals surface area (Å²) in [6, 6.07) is 2.93.